The molecule has 1 aliphatic rings. The van der Waals surface area contributed by atoms with E-state index in [4.69, 9.17) is 10.5 Å². The van der Waals surface area contributed by atoms with Crippen LogP contribution in [0.1, 0.15) is 33.6 Å². The van der Waals surface area contributed by atoms with Crippen molar-refractivity contribution in [2.45, 2.75) is 51.9 Å². The summed E-state index contributed by atoms with van der Waals surface area (Å²) in [6.45, 7) is 9.75. The van der Waals surface area contributed by atoms with E-state index in [0.29, 0.717) is 12.2 Å². The summed E-state index contributed by atoms with van der Waals surface area (Å²) in [7, 11) is 0. The molecule has 5 nitrogen and oxygen atoms in total. The monoisotopic (exact) mass is 257 g/mol. The van der Waals surface area contributed by atoms with Gasteiger partial charge in [0.1, 0.15) is 0 Å². The highest BCUT2D eigenvalue weighted by molar-refractivity contribution is 5.80. The Labute approximate surface area is 110 Å². The van der Waals surface area contributed by atoms with Crippen molar-refractivity contribution in [1.82, 2.24) is 10.2 Å². The number of unbranched alkanes of at least 4 members (excludes halogenated alkanes) is 1. The highest BCUT2D eigenvalue weighted by Crippen LogP contribution is 2.10. The molecule has 5 heteroatoms. The topological polar surface area (TPSA) is 67.6 Å². The van der Waals surface area contributed by atoms with E-state index < -0.39 is 6.04 Å². The van der Waals surface area contributed by atoms with Crippen LogP contribution < -0.4 is 11.1 Å². The molecule has 3 atom stereocenters. The number of morpholine rings is 1. The number of nitrogens with two attached hydrogens (primary N) is 1. The van der Waals surface area contributed by atoms with E-state index in [1.165, 1.54) is 0 Å². The first kappa shape index (κ1) is 15.4. The van der Waals surface area contributed by atoms with E-state index in [1.54, 1.807) is 6.92 Å². The van der Waals surface area contributed by atoms with E-state index in [-0.39, 0.29) is 5.91 Å². The van der Waals surface area contributed by atoms with Crippen LogP contribution in [-0.2, 0) is 9.53 Å². The number of ether oxygens (including phenoxy) is 1. The Bertz CT molecular complexity index is 249. The first-order valence-corrected chi connectivity index (χ1v) is 6.90. The minimum absolute atomic E-state index is 0.0661. The van der Waals surface area contributed by atoms with Gasteiger partial charge in [0.05, 0.1) is 18.2 Å². The van der Waals surface area contributed by atoms with E-state index in [9.17, 15) is 4.79 Å². The quantitative estimate of drug-likeness (QED) is 0.673. The van der Waals surface area contributed by atoms with Gasteiger partial charge >= 0.3 is 0 Å². The molecule has 3 N–H and O–H groups in total. The smallest absolute Gasteiger partial charge is 0.236 e. The van der Waals surface area contributed by atoms with Crippen LogP contribution in [0.3, 0.4) is 0 Å². The zero-order valence-electron chi connectivity index (χ0n) is 11.8. The highest BCUT2D eigenvalue weighted by Gasteiger charge is 2.21. The van der Waals surface area contributed by atoms with Crippen LogP contribution in [0, 0.1) is 0 Å². The third-order valence-electron chi connectivity index (χ3n) is 3.11. The summed E-state index contributed by atoms with van der Waals surface area (Å²) >= 11 is 0. The molecule has 1 fully saturated rings. The van der Waals surface area contributed by atoms with Crippen molar-refractivity contribution in [3.05, 3.63) is 0 Å². The molecule has 0 aliphatic carbocycles. The minimum atomic E-state index is -0.411. The Balaban J connectivity index is 2.05. The average Bonchev–Trinajstić information content (AvgIpc) is 2.26. The molecule has 1 aliphatic heterocycles. The van der Waals surface area contributed by atoms with Crippen LogP contribution in [-0.4, -0.2) is 55.2 Å². The molecule has 18 heavy (non-hydrogen) atoms. The molecular weight excluding hydrogens is 230 g/mol. The molecule has 1 saturated heterocycles. The maximum Gasteiger partial charge on any atom is 0.236 e. The molecule has 3 unspecified atom stereocenters. The number of hydrogen-bond donors (Lipinski definition) is 2. The van der Waals surface area contributed by atoms with Gasteiger partial charge in [0.2, 0.25) is 5.91 Å². The minimum Gasteiger partial charge on any atom is -0.373 e. The Morgan fingerprint density at radius 1 is 1.39 bits per heavy atom. The van der Waals surface area contributed by atoms with Crippen LogP contribution in [0.4, 0.5) is 0 Å². The molecule has 0 bridgehead atoms. The number of carbonyl (C=O) groups is 1. The van der Waals surface area contributed by atoms with Gasteiger partial charge in [-0.05, 0) is 40.2 Å². The molecular formula is C13H27N3O2. The van der Waals surface area contributed by atoms with Gasteiger partial charge in [-0.1, -0.05) is 0 Å². The Kier molecular flexibility index (Phi) is 6.60. The van der Waals surface area contributed by atoms with E-state index >= 15 is 0 Å². The fraction of sp³-hybridized carbons (Fsp3) is 0.923. The number of rotatable bonds is 6. The number of nitrogens with zero attached hydrogens (tertiary/aromatic N) is 1. The van der Waals surface area contributed by atoms with Gasteiger partial charge in [-0.15, -0.1) is 0 Å². The lowest BCUT2D eigenvalue weighted by atomic mass is 10.2. The third kappa shape index (κ3) is 5.80. The maximum atomic E-state index is 11.2. The third-order valence-corrected chi connectivity index (χ3v) is 3.11. The SMILES string of the molecule is CC1CN(CCCCNC(=O)C(C)N)CC(C)O1. The van der Waals surface area contributed by atoms with Crippen molar-refractivity contribution in [2.75, 3.05) is 26.2 Å². The number of nitrogens with one attached hydrogen (secondary N) is 1. The maximum absolute atomic E-state index is 11.2. The summed E-state index contributed by atoms with van der Waals surface area (Å²) in [6, 6.07) is -0.411. The molecule has 0 spiro atoms. The predicted molar refractivity (Wildman–Crippen MR) is 72.3 cm³/mol. The fourth-order valence-electron chi connectivity index (χ4n) is 2.30. The summed E-state index contributed by atoms with van der Waals surface area (Å²) in [5.41, 5.74) is 5.46. The van der Waals surface area contributed by atoms with Crippen molar-refractivity contribution in [3.8, 4) is 0 Å². The second kappa shape index (κ2) is 7.71. The fourth-order valence-corrected chi connectivity index (χ4v) is 2.30. The van der Waals surface area contributed by atoms with E-state index in [0.717, 1.165) is 39.0 Å². The van der Waals surface area contributed by atoms with Gasteiger partial charge in [0, 0.05) is 19.6 Å². The Morgan fingerprint density at radius 3 is 2.56 bits per heavy atom. The molecule has 1 heterocycles. The molecule has 1 rings (SSSR count). The average molecular weight is 257 g/mol. The van der Waals surface area contributed by atoms with Gasteiger partial charge in [-0.3, -0.25) is 9.69 Å². The molecule has 0 aromatic rings. The van der Waals surface area contributed by atoms with E-state index in [1.807, 2.05) is 0 Å². The summed E-state index contributed by atoms with van der Waals surface area (Å²) < 4.78 is 5.69. The van der Waals surface area contributed by atoms with Crippen LogP contribution in [0.2, 0.25) is 0 Å². The lowest BCUT2D eigenvalue weighted by Gasteiger charge is -2.35. The number of carbonyl (C=O) groups excluding carboxylic acids is 1. The predicted octanol–water partition coefficient (Wildman–Crippen LogP) is 0.339. The zero-order valence-corrected chi connectivity index (χ0v) is 11.8. The molecule has 0 saturated carbocycles. The van der Waals surface area contributed by atoms with Gasteiger partial charge in [-0.2, -0.15) is 0 Å². The summed E-state index contributed by atoms with van der Waals surface area (Å²) in [4.78, 5) is 13.7. The first-order valence-electron chi connectivity index (χ1n) is 6.90. The standard InChI is InChI=1S/C13H27N3O2/c1-10-8-16(9-11(2)18-10)7-5-4-6-15-13(17)12(3)14/h10-12H,4-9,14H2,1-3H3,(H,15,17). The molecule has 0 aromatic heterocycles. The second-order valence-electron chi connectivity index (χ2n) is 5.30. The second-order valence-corrected chi connectivity index (χ2v) is 5.30. The summed E-state index contributed by atoms with van der Waals surface area (Å²) in [5, 5.41) is 2.83. The highest BCUT2D eigenvalue weighted by atomic mass is 16.5. The molecule has 106 valence electrons. The van der Waals surface area contributed by atoms with Gasteiger partial charge in [-0.25, -0.2) is 0 Å². The summed E-state index contributed by atoms with van der Waals surface area (Å²) in [5.74, 6) is -0.0661. The summed E-state index contributed by atoms with van der Waals surface area (Å²) in [6.07, 6.45) is 2.75. The van der Waals surface area contributed by atoms with Crippen molar-refractivity contribution in [3.63, 3.8) is 0 Å². The van der Waals surface area contributed by atoms with Crippen LogP contribution in [0.5, 0.6) is 0 Å². The largest absolute Gasteiger partial charge is 0.373 e. The lowest BCUT2D eigenvalue weighted by Crippen LogP contribution is -2.45. The van der Waals surface area contributed by atoms with Gasteiger partial charge in [0.25, 0.3) is 0 Å². The first-order chi connectivity index (χ1) is 8.49. The normalized spacial score (nSPS) is 26.9. The van der Waals surface area contributed by atoms with Gasteiger partial charge in [0.15, 0.2) is 0 Å². The molecule has 0 aromatic carbocycles. The van der Waals surface area contributed by atoms with Crippen molar-refractivity contribution < 1.29 is 9.53 Å². The Hall–Kier alpha value is -0.650. The van der Waals surface area contributed by atoms with Crippen LogP contribution in [0.15, 0.2) is 0 Å². The van der Waals surface area contributed by atoms with E-state index in [2.05, 4.69) is 24.1 Å². The number of amides is 1. The Morgan fingerprint density at radius 2 is 2.00 bits per heavy atom. The van der Waals surface area contributed by atoms with Crippen LogP contribution >= 0.6 is 0 Å². The molecule has 1 amide bonds. The van der Waals surface area contributed by atoms with Crippen molar-refractivity contribution in [1.29, 1.82) is 0 Å². The zero-order chi connectivity index (χ0) is 13.5. The van der Waals surface area contributed by atoms with Crippen molar-refractivity contribution >= 4 is 5.91 Å². The molecule has 0 radical (unpaired) electrons. The van der Waals surface area contributed by atoms with Crippen molar-refractivity contribution in [2.24, 2.45) is 5.73 Å². The number of hydrogen-bond acceptors (Lipinski definition) is 4. The van der Waals surface area contributed by atoms with Crippen LogP contribution in [0.25, 0.3) is 0 Å². The lowest BCUT2D eigenvalue weighted by molar-refractivity contribution is -0.121. The van der Waals surface area contributed by atoms with Gasteiger partial charge < -0.3 is 15.8 Å².